The van der Waals surface area contributed by atoms with Gasteiger partial charge < -0.3 is 18.9 Å². The molecule has 2 atom stereocenters. The zero-order valence-electron chi connectivity index (χ0n) is 15.9. The normalized spacial score (nSPS) is 20.6. The summed E-state index contributed by atoms with van der Waals surface area (Å²) in [7, 11) is 1.35. The molecule has 3 heterocycles. The van der Waals surface area contributed by atoms with Crippen LogP contribution in [0.1, 0.15) is 39.8 Å². The molecule has 0 radical (unpaired) electrons. The van der Waals surface area contributed by atoms with Gasteiger partial charge in [0.1, 0.15) is 0 Å². The van der Waals surface area contributed by atoms with Gasteiger partial charge in [-0.3, -0.25) is 14.4 Å². The summed E-state index contributed by atoms with van der Waals surface area (Å²) in [5.74, 6) is -0.648. The zero-order valence-corrected chi connectivity index (χ0v) is 15.9. The molecule has 4 rings (SSSR count). The number of methoxy groups -OCH3 is 1. The number of rotatable bonds is 5. The lowest BCUT2D eigenvalue weighted by atomic mass is 10.0. The van der Waals surface area contributed by atoms with Crippen LogP contribution < -0.4 is 10.2 Å². The average molecular weight is 382 g/mol. The number of benzene rings is 1. The molecule has 1 amide bonds. The van der Waals surface area contributed by atoms with E-state index in [0.29, 0.717) is 19.6 Å². The van der Waals surface area contributed by atoms with Crippen LogP contribution in [0.3, 0.4) is 0 Å². The SMILES string of the molecule is COc1c2n(cc(C(=O)CCc3ccccc3)c1=O)C[C@@H]1OC[C@@H](C)N1C2=O. The van der Waals surface area contributed by atoms with E-state index in [1.807, 2.05) is 37.3 Å². The van der Waals surface area contributed by atoms with E-state index in [2.05, 4.69) is 0 Å². The van der Waals surface area contributed by atoms with E-state index in [1.54, 1.807) is 9.47 Å². The molecule has 0 aliphatic carbocycles. The fourth-order valence-electron chi connectivity index (χ4n) is 3.89. The Labute approximate surface area is 162 Å². The second-order valence-electron chi connectivity index (χ2n) is 7.16. The lowest BCUT2D eigenvalue weighted by Crippen LogP contribution is -2.49. The Morgan fingerprint density at radius 1 is 1.25 bits per heavy atom. The highest BCUT2D eigenvalue weighted by atomic mass is 16.5. The van der Waals surface area contributed by atoms with Gasteiger partial charge in [0.15, 0.2) is 23.5 Å². The van der Waals surface area contributed by atoms with Crippen molar-refractivity contribution in [1.29, 1.82) is 0 Å². The number of nitrogens with zero attached hydrogens (tertiary/aromatic N) is 2. The predicted octanol–water partition coefficient (Wildman–Crippen LogP) is 1.87. The number of aromatic nitrogens is 1. The number of pyridine rings is 1. The first-order chi connectivity index (χ1) is 13.5. The van der Waals surface area contributed by atoms with Crippen molar-refractivity contribution < 1.29 is 19.1 Å². The van der Waals surface area contributed by atoms with Crippen molar-refractivity contribution >= 4 is 11.7 Å². The van der Waals surface area contributed by atoms with Gasteiger partial charge in [0.25, 0.3) is 5.91 Å². The number of amides is 1. The first kappa shape index (κ1) is 18.4. The van der Waals surface area contributed by atoms with Crippen LogP contribution in [-0.4, -0.2) is 47.1 Å². The molecule has 0 unspecified atom stereocenters. The molecule has 0 N–H and O–H groups in total. The third-order valence-electron chi connectivity index (χ3n) is 5.33. The number of ether oxygens (including phenoxy) is 2. The molecule has 146 valence electrons. The molecule has 28 heavy (non-hydrogen) atoms. The molecule has 0 saturated carbocycles. The number of fused-ring (bicyclic) bond motifs is 2. The Balaban J connectivity index is 1.68. The second-order valence-corrected chi connectivity index (χ2v) is 7.16. The Bertz CT molecular complexity index is 982. The molecule has 1 fully saturated rings. The Morgan fingerprint density at radius 3 is 2.71 bits per heavy atom. The maximum atomic E-state index is 13.0. The smallest absolute Gasteiger partial charge is 0.276 e. The van der Waals surface area contributed by atoms with Gasteiger partial charge >= 0.3 is 0 Å². The van der Waals surface area contributed by atoms with Crippen molar-refractivity contribution in [1.82, 2.24) is 9.47 Å². The molecule has 2 aromatic rings. The van der Waals surface area contributed by atoms with Gasteiger partial charge in [0.2, 0.25) is 5.43 Å². The number of hydrogen-bond donors (Lipinski definition) is 0. The van der Waals surface area contributed by atoms with E-state index >= 15 is 0 Å². The van der Waals surface area contributed by atoms with Crippen molar-refractivity contribution in [3.05, 3.63) is 63.6 Å². The third-order valence-corrected chi connectivity index (χ3v) is 5.33. The maximum Gasteiger partial charge on any atom is 0.276 e. The van der Waals surface area contributed by atoms with Crippen molar-refractivity contribution in [2.75, 3.05) is 13.7 Å². The number of ketones is 1. The van der Waals surface area contributed by atoms with Crippen molar-refractivity contribution in [3.8, 4) is 5.75 Å². The lowest BCUT2D eigenvalue weighted by molar-refractivity contribution is 0.00622. The van der Waals surface area contributed by atoms with Crippen LogP contribution in [0.15, 0.2) is 41.3 Å². The van der Waals surface area contributed by atoms with E-state index in [-0.39, 0.29) is 41.2 Å². The standard InChI is InChI=1S/C21H22N2O5/c1-13-12-28-17-11-22-10-15(16(24)9-8-14-6-4-3-5-7-14)19(25)20(27-2)18(22)21(26)23(13)17/h3-7,10,13,17H,8-9,11-12H2,1-2H3/t13-,17+/m1/s1. The van der Waals surface area contributed by atoms with Crippen LogP contribution in [-0.2, 0) is 17.7 Å². The van der Waals surface area contributed by atoms with Crippen LogP contribution in [0, 0.1) is 0 Å². The van der Waals surface area contributed by atoms with Crippen molar-refractivity contribution in [2.24, 2.45) is 0 Å². The van der Waals surface area contributed by atoms with Crippen molar-refractivity contribution in [3.63, 3.8) is 0 Å². The molecule has 7 heteroatoms. The number of aryl methyl sites for hydroxylation is 1. The largest absolute Gasteiger partial charge is 0.491 e. The van der Waals surface area contributed by atoms with E-state index < -0.39 is 11.7 Å². The molecule has 1 saturated heterocycles. The van der Waals surface area contributed by atoms with E-state index in [4.69, 9.17) is 9.47 Å². The summed E-state index contributed by atoms with van der Waals surface area (Å²) < 4.78 is 12.6. The summed E-state index contributed by atoms with van der Waals surface area (Å²) >= 11 is 0. The van der Waals surface area contributed by atoms with Gasteiger partial charge in [-0.2, -0.15) is 0 Å². The van der Waals surface area contributed by atoms with Crippen LogP contribution in [0.25, 0.3) is 0 Å². The van der Waals surface area contributed by atoms with Gasteiger partial charge in [-0.25, -0.2) is 0 Å². The number of carbonyl (C=O) groups excluding carboxylic acids is 2. The van der Waals surface area contributed by atoms with Crippen LogP contribution in [0.5, 0.6) is 5.75 Å². The summed E-state index contributed by atoms with van der Waals surface area (Å²) in [6, 6.07) is 9.56. The molecular weight excluding hydrogens is 360 g/mol. The number of hydrogen-bond acceptors (Lipinski definition) is 5. The predicted molar refractivity (Wildman–Crippen MR) is 102 cm³/mol. The summed E-state index contributed by atoms with van der Waals surface area (Å²) in [5.41, 5.74) is 0.718. The van der Waals surface area contributed by atoms with E-state index in [1.165, 1.54) is 13.3 Å². The molecule has 2 aliphatic heterocycles. The van der Waals surface area contributed by atoms with Crippen molar-refractivity contribution in [2.45, 2.75) is 38.6 Å². The molecule has 2 aliphatic rings. The monoisotopic (exact) mass is 382 g/mol. The molecule has 7 nitrogen and oxygen atoms in total. The molecular formula is C21H22N2O5. The first-order valence-corrected chi connectivity index (χ1v) is 9.34. The van der Waals surface area contributed by atoms with Crippen LogP contribution in [0.4, 0.5) is 0 Å². The second kappa shape index (κ2) is 7.24. The molecule has 1 aromatic heterocycles. The molecule has 1 aromatic carbocycles. The van der Waals surface area contributed by atoms with Gasteiger partial charge in [-0.15, -0.1) is 0 Å². The zero-order chi connectivity index (χ0) is 19.8. The molecule has 0 bridgehead atoms. The Kier molecular flexibility index (Phi) is 4.77. The Morgan fingerprint density at radius 2 is 2.00 bits per heavy atom. The summed E-state index contributed by atoms with van der Waals surface area (Å²) in [6.45, 7) is 2.71. The lowest BCUT2D eigenvalue weighted by Gasteiger charge is -2.34. The van der Waals surface area contributed by atoms with Crippen LogP contribution in [0.2, 0.25) is 0 Å². The molecule has 0 spiro atoms. The third kappa shape index (κ3) is 3.01. The van der Waals surface area contributed by atoms with Crippen LogP contribution >= 0.6 is 0 Å². The summed E-state index contributed by atoms with van der Waals surface area (Å²) in [5, 5.41) is 0. The Hall–Kier alpha value is -2.93. The first-order valence-electron chi connectivity index (χ1n) is 9.34. The highest BCUT2D eigenvalue weighted by molar-refractivity contribution is 6.00. The van der Waals surface area contributed by atoms with Gasteiger partial charge in [0.05, 0.1) is 31.9 Å². The van der Waals surface area contributed by atoms with E-state index in [9.17, 15) is 14.4 Å². The fourth-order valence-corrected chi connectivity index (χ4v) is 3.89. The summed E-state index contributed by atoms with van der Waals surface area (Å²) in [6.07, 6.45) is 1.84. The fraction of sp³-hybridized carbons (Fsp3) is 0.381. The minimum Gasteiger partial charge on any atom is -0.491 e. The van der Waals surface area contributed by atoms with Gasteiger partial charge in [0, 0.05) is 12.6 Å². The summed E-state index contributed by atoms with van der Waals surface area (Å²) in [4.78, 5) is 40.2. The van der Waals surface area contributed by atoms with Gasteiger partial charge in [-0.05, 0) is 18.9 Å². The highest BCUT2D eigenvalue weighted by Gasteiger charge is 2.43. The number of Topliss-reactive ketones (excluding diaryl/α,β-unsaturated/α-hetero) is 1. The maximum absolute atomic E-state index is 13.0. The topological polar surface area (TPSA) is 77.8 Å². The number of carbonyl (C=O) groups is 2. The van der Waals surface area contributed by atoms with Gasteiger partial charge in [-0.1, -0.05) is 30.3 Å². The minimum absolute atomic E-state index is 0.0452. The minimum atomic E-state index is -0.536. The average Bonchev–Trinajstić information content (AvgIpc) is 3.08. The van der Waals surface area contributed by atoms with E-state index in [0.717, 1.165) is 5.56 Å². The highest BCUT2D eigenvalue weighted by Crippen LogP contribution is 2.30. The quantitative estimate of drug-likeness (QED) is 0.738.